The van der Waals surface area contributed by atoms with Gasteiger partial charge >= 0.3 is 0 Å². The fraction of sp³-hybridized carbons (Fsp3) is 0.160. The van der Waals surface area contributed by atoms with Crippen LogP contribution in [0, 0.1) is 5.82 Å². The van der Waals surface area contributed by atoms with Gasteiger partial charge in [0.25, 0.3) is 0 Å². The van der Waals surface area contributed by atoms with Crippen molar-refractivity contribution in [1.82, 2.24) is 19.4 Å². The fourth-order valence-electron chi connectivity index (χ4n) is 3.42. The number of imidazole rings is 1. The van der Waals surface area contributed by atoms with E-state index in [-0.39, 0.29) is 11.7 Å². The highest BCUT2D eigenvalue weighted by Crippen LogP contribution is 2.25. The lowest BCUT2D eigenvalue weighted by atomic mass is 10.2. The van der Waals surface area contributed by atoms with Gasteiger partial charge in [-0.3, -0.25) is 9.78 Å². The smallest absolute Gasteiger partial charge is 0.246 e. The van der Waals surface area contributed by atoms with E-state index in [2.05, 4.69) is 21.5 Å². The molecule has 4 aromatic rings. The Bertz CT molecular complexity index is 1270. The highest BCUT2D eigenvalue weighted by Gasteiger charge is 2.13. The molecule has 4 rings (SSSR count). The summed E-state index contributed by atoms with van der Waals surface area (Å²) in [6, 6.07) is 15.9. The van der Waals surface area contributed by atoms with Crippen LogP contribution in [-0.2, 0) is 17.9 Å². The van der Waals surface area contributed by atoms with Crippen molar-refractivity contribution in [1.29, 1.82) is 0 Å². The number of aryl methyl sites for hydroxylation is 1. The van der Waals surface area contributed by atoms with Crippen molar-refractivity contribution in [3.63, 3.8) is 0 Å². The minimum Gasteiger partial charge on any atom is -0.453 e. The molecule has 0 unspecified atom stereocenters. The van der Waals surface area contributed by atoms with Crippen molar-refractivity contribution in [3.8, 4) is 11.5 Å². The molecule has 162 valence electrons. The maximum Gasteiger partial charge on any atom is 0.246 e. The Hall–Kier alpha value is -4.00. The van der Waals surface area contributed by atoms with Crippen molar-refractivity contribution >= 4 is 23.0 Å². The molecule has 32 heavy (non-hydrogen) atoms. The summed E-state index contributed by atoms with van der Waals surface area (Å²) in [5, 5.41) is 0. The zero-order chi connectivity index (χ0) is 22.5. The summed E-state index contributed by atoms with van der Waals surface area (Å²) >= 11 is 0. The first-order valence-electron chi connectivity index (χ1n) is 10.3. The molecule has 0 spiro atoms. The minimum atomic E-state index is -0.520. The Morgan fingerprint density at radius 2 is 2.03 bits per heavy atom. The average molecular weight is 430 g/mol. The molecule has 0 aliphatic carbocycles. The van der Waals surface area contributed by atoms with Crippen molar-refractivity contribution in [2.75, 3.05) is 7.05 Å². The van der Waals surface area contributed by atoms with Crippen LogP contribution in [0.1, 0.15) is 18.3 Å². The molecule has 7 heteroatoms. The zero-order valence-electron chi connectivity index (χ0n) is 17.9. The summed E-state index contributed by atoms with van der Waals surface area (Å²) < 4.78 is 22.0. The van der Waals surface area contributed by atoms with Gasteiger partial charge in [0, 0.05) is 25.9 Å². The second kappa shape index (κ2) is 9.43. The molecule has 0 aliphatic rings. The number of carbonyl (C=O) groups excluding carboxylic acids is 1. The number of aromatic nitrogens is 3. The lowest BCUT2D eigenvalue weighted by molar-refractivity contribution is -0.125. The van der Waals surface area contributed by atoms with Gasteiger partial charge < -0.3 is 14.2 Å². The summed E-state index contributed by atoms with van der Waals surface area (Å²) in [5.41, 5.74) is 2.51. The van der Waals surface area contributed by atoms with E-state index in [0.29, 0.717) is 17.9 Å². The van der Waals surface area contributed by atoms with Crippen LogP contribution in [0.25, 0.3) is 17.1 Å². The number of ether oxygens (including phenoxy) is 1. The molecule has 2 aromatic carbocycles. The van der Waals surface area contributed by atoms with Crippen LogP contribution < -0.4 is 4.74 Å². The predicted octanol–water partition coefficient (Wildman–Crippen LogP) is 5.05. The third-order valence-corrected chi connectivity index (χ3v) is 5.04. The summed E-state index contributed by atoms with van der Waals surface area (Å²) in [6.07, 6.45) is 6.13. The van der Waals surface area contributed by atoms with Gasteiger partial charge in [-0.1, -0.05) is 18.2 Å². The first kappa shape index (κ1) is 21.2. The average Bonchev–Trinajstić information content (AvgIpc) is 3.16. The van der Waals surface area contributed by atoms with Gasteiger partial charge in [-0.05, 0) is 55.0 Å². The Morgan fingerprint density at radius 1 is 1.19 bits per heavy atom. The van der Waals surface area contributed by atoms with Crippen molar-refractivity contribution in [3.05, 3.63) is 90.3 Å². The Morgan fingerprint density at radius 3 is 2.78 bits per heavy atom. The number of likely N-dealkylation sites (N-methyl/N-ethyl adjacent to an activating group) is 1. The molecule has 0 saturated carbocycles. The van der Waals surface area contributed by atoms with E-state index < -0.39 is 5.82 Å². The van der Waals surface area contributed by atoms with E-state index >= 15 is 0 Å². The molecule has 0 atom stereocenters. The molecule has 0 aliphatic heterocycles. The van der Waals surface area contributed by atoms with Crippen LogP contribution in [-0.4, -0.2) is 32.4 Å². The van der Waals surface area contributed by atoms with Crippen LogP contribution >= 0.6 is 0 Å². The maximum absolute atomic E-state index is 14.4. The monoisotopic (exact) mass is 430 g/mol. The molecule has 0 bridgehead atoms. The summed E-state index contributed by atoms with van der Waals surface area (Å²) in [6.45, 7) is 3.19. The van der Waals surface area contributed by atoms with Gasteiger partial charge in [0.2, 0.25) is 5.91 Å². The number of hydrogen-bond acceptors (Lipinski definition) is 4. The van der Waals surface area contributed by atoms with Crippen LogP contribution in [0.5, 0.6) is 11.5 Å². The molecule has 0 N–H and O–H groups in total. The topological polar surface area (TPSA) is 60.2 Å². The lowest BCUT2D eigenvalue weighted by Gasteiger charge is -2.15. The number of nitrogens with zero attached hydrogens (tertiary/aromatic N) is 4. The lowest BCUT2D eigenvalue weighted by Crippen LogP contribution is -2.26. The van der Waals surface area contributed by atoms with Gasteiger partial charge in [-0.25, -0.2) is 9.37 Å². The van der Waals surface area contributed by atoms with Gasteiger partial charge in [0.05, 0.1) is 23.8 Å². The third-order valence-electron chi connectivity index (χ3n) is 5.04. The molecule has 2 heterocycles. The van der Waals surface area contributed by atoms with E-state index in [1.54, 1.807) is 42.4 Å². The molecule has 1 amide bonds. The first-order chi connectivity index (χ1) is 15.5. The van der Waals surface area contributed by atoms with Crippen LogP contribution in [0.3, 0.4) is 0 Å². The molecule has 6 nitrogen and oxygen atoms in total. The molecular formula is C25H23FN4O2. The second-order valence-corrected chi connectivity index (χ2v) is 7.27. The highest BCUT2D eigenvalue weighted by atomic mass is 19.1. The summed E-state index contributed by atoms with van der Waals surface area (Å²) in [5.74, 6) is 0.645. The maximum atomic E-state index is 14.4. The van der Waals surface area contributed by atoms with Crippen LogP contribution in [0.2, 0.25) is 0 Å². The van der Waals surface area contributed by atoms with Crippen molar-refractivity contribution in [2.45, 2.75) is 20.0 Å². The van der Waals surface area contributed by atoms with Gasteiger partial charge in [0.1, 0.15) is 11.6 Å². The Balaban J connectivity index is 1.43. The quantitative estimate of drug-likeness (QED) is 0.385. The number of benzene rings is 2. The van der Waals surface area contributed by atoms with Crippen LogP contribution in [0.15, 0.2) is 73.1 Å². The number of para-hydroxylation sites is 2. The SMILES string of the molecule is CCn1c(CN(C)C(=O)/C=C/c2ccc(Oc3cccnc3)c(F)c2)nc2ccccc21. The first-order valence-corrected chi connectivity index (χ1v) is 10.3. The van der Waals surface area contributed by atoms with Gasteiger partial charge in [-0.2, -0.15) is 0 Å². The summed E-state index contributed by atoms with van der Waals surface area (Å²) in [4.78, 5) is 22.8. The number of pyridine rings is 1. The van der Waals surface area contributed by atoms with E-state index in [0.717, 1.165) is 23.4 Å². The number of fused-ring (bicyclic) bond motifs is 1. The Kier molecular flexibility index (Phi) is 6.26. The molecular weight excluding hydrogens is 407 g/mol. The van der Waals surface area contributed by atoms with Gasteiger partial charge in [-0.15, -0.1) is 0 Å². The van der Waals surface area contributed by atoms with E-state index in [9.17, 15) is 9.18 Å². The highest BCUT2D eigenvalue weighted by molar-refractivity contribution is 5.91. The van der Waals surface area contributed by atoms with E-state index in [1.165, 1.54) is 24.4 Å². The Labute approximate surface area is 185 Å². The largest absolute Gasteiger partial charge is 0.453 e. The molecule has 0 saturated heterocycles. The third kappa shape index (κ3) is 4.67. The normalized spacial score (nSPS) is 11.2. The van der Waals surface area contributed by atoms with E-state index in [1.807, 2.05) is 24.3 Å². The van der Waals surface area contributed by atoms with E-state index in [4.69, 9.17) is 4.74 Å². The fourth-order valence-corrected chi connectivity index (χ4v) is 3.42. The van der Waals surface area contributed by atoms with Crippen molar-refractivity contribution in [2.24, 2.45) is 0 Å². The number of amides is 1. The zero-order valence-corrected chi connectivity index (χ0v) is 17.9. The number of halogens is 1. The minimum absolute atomic E-state index is 0.0945. The predicted molar refractivity (Wildman–Crippen MR) is 122 cm³/mol. The number of carbonyl (C=O) groups is 1. The number of hydrogen-bond donors (Lipinski definition) is 0. The standard InChI is InChI=1S/C25H23FN4O2/c1-3-30-22-9-5-4-8-21(22)28-24(30)17-29(2)25(31)13-11-18-10-12-23(20(26)15-18)32-19-7-6-14-27-16-19/h4-16H,3,17H2,1-2H3/b13-11+. The van der Waals surface area contributed by atoms with Crippen molar-refractivity contribution < 1.29 is 13.9 Å². The second-order valence-electron chi connectivity index (χ2n) is 7.27. The summed E-state index contributed by atoms with van der Waals surface area (Å²) in [7, 11) is 1.72. The number of rotatable bonds is 7. The van der Waals surface area contributed by atoms with Crippen LogP contribution in [0.4, 0.5) is 4.39 Å². The van der Waals surface area contributed by atoms with Gasteiger partial charge in [0.15, 0.2) is 11.6 Å². The molecule has 0 fully saturated rings. The molecule has 0 radical (unpaired) electrons. The molecule has 2 aromatic heterocycles.